The summed E-state index contributed by atoms with van der Waals surface area (Å²) >= 11 is 0. The number of carboxylic acid groups (broad SMARTS) is 1. The Balaban J connectivity index is 2.14. The molecule has 0 fully saturated rings. The number of nitrogens with zero attached hydrogens (tertiary/aromatic N) is 1. The van der Waals surface area contributed by atoms with E-state index in [4.69, 9.17) is 9.84 Å². The number of hydrogen-bond acceptors (Lipinski definition) is 4. The van der Waals surface area contributed by atoms with Crippen LogP contribution in [0.4, 0.5) is 5.69 Å². The van der Waals surface area contributed by atoms with Gasteiger partial charge in [0.2, 0.25) is 0 Å². The topological polar surface area (TPSA) is 71.5 Å². The lowest BCUT2D eigenvalue weighted by Gasteiger charge is -2.12. The van der Waals surface area contributed by atoms with Crippen LogP contribution in [-0.2, 0) is 16.0 Å². The summed E-state index contributed by atoms with van der Waals surface area (Å²) in [7, 11) is 1.87. The summed E-state index contributed by atoms with van der Waals surface area (Å²) in [6.45, 7) is 2.16. The molecule has 5 nitrogen and oxygen atoms in total. The molecule has 0 aliphatic rings. The van der Waals surface area contributed by atoms with Crippen molar-refractivity contribution in [1.82, 2.24) is 4.98 Å². The second-order valence-corrected chi connectivity index (χ2v) is 4.87. The van der Waals surface area contributed by atoms with Crippen molar-refractivity contribution in [3.63, 3.8) is 0 Å². The average Bonchev–Trinajstić information content (AvgIpc) is 2.55. The zero-order valence-corrected chi connectivity index (χ0v) is 12.7. The average molecular weight is 300 g/mol. The lowest BCUT2D eigenvalue weighted by molar-refractivity contribution is -0.149. The van der Waals surface area contributed by atoms with Gasteiger partial charge in [-0.25, -0.2) is 4.79 Å². The fourth-order valence-corrected chi connectivity index (χ4v) is 2.18. The molecule has 2 aromatic rings. The van der Waals surface area contributed by atoms with Crippen molar-refractivity contribution in [1.29, 1.82) is 0 Å². The molecule has 0 aliphatic carbocycles. The third-order valence-corrected chi connectivity index (χ3v) is 3.34. The summed E-state index contributed by atoms with van der Waals surface area (Å²) in [5.74, 6) is -0.951. The number of pyridine rings is 1. The number of rotatable bonds is 7. The monoisotopic (exact) mass is 300 g/mol. The molecule has 5 heteroatoms. The number of aliphatic carboxylic acids is 1. The summed E-state index contributed by atoms with van der Waals surface area (Å²) in [6, 6.07) is 11.7. The maximum absolute atomic E-state index is 11.1. The van der Waals surface area contributed by atoms with Crippen molar-refractivity contribution in [3.05, 3.63) is 48.2 Å². The lowest BCUT2D eigenvalue weighted by Crippen LogP contribution is -2.26. The Morgan fingerprint density at radius 2 is 2.18 bits per heavy atom. The molecule has 1 unspecified atom stereocenters. The fourth-order valence-electron chi connectivity index (χ4n) is 2.18. The van der Waals surface area contributed by atoms with E-state index < -0.39 is 12.1 Å². The minimum Gasteiger partial charge on any atom is -0.479 e. The van der Waals surface area contributed by atoms with E-state index in [0.717, 1.165) is 22.5 Å². The van der Waals surface area contributed by atoms with Gasteiger partial charge in [-0.3, -0.25) is 4.98 Å². The number of carboxylic acids is 1. The Labute approximate surface area is 130 Å². The molecule has 0 aliphatic heterocycles. The van der Waals surface area contributed by atoms with E-state index in [-0.39, 0.29) is 0 Å². The zero-order valence-electron chi connectivity index (χ0n) is 12.7. The normalized spacial score (nSPS) is 11.9. The van der Waals surface area contributed by atoms with E-state index in [2.05, 4.69) is 10.3 Å². The van der Waals surface area contributed by atoms with E-state index in [0.29, 0.717) is 13.0 Å². The first-order chi connectivity index (χ1) is 10.6. The molecular weight excluding hydrogens is 280 g/mol. The number of hydrogen-bond donors (Lipinski definition) is 2. The van der Waals surface area contributed by atoms with Gasteiger partial charge in [0.1, 0.15) is 0 Å². The van der Waals surface area contributed by atoms with Crippen molar-refractivity contribution in [2.45, 2.75) is 19.4 Å². The molecule has 2 N–H and O–H groups in total. The van der Waals surface area contributed by atoms with Crippen molar-refractivity contribution >= 4 is 11.7 Å². The SMILES string of the molecule is CCOC(Cc1ccc(-c2cccc(NC)c2)nc1)C(=O)O. The smallest absolute Gasteiger partial charge is 0.333 e. The van der Waals surface area contributed by atoms with Gasteiger partial charge in [0.15, 0.2) is 6.10 Å². The first kappa shape index (κ1) is 16.0. The second-order valence-electron chi connectivity index (χ2n) is 4.87. The van der Waals surface area contributed by atoms with Crippen molar-refractivity contribution in [2.24, 2.45) is 0 Å². The van der Waals surface area contributed by atoms with Gasteiger partial charge in [-0.15, -0.1) is 0 Å². The summed E-state index contributed by atoms with van der Waals surface area (Å²) in [5, 5.41) is 12.2. The van der Waals surface area contributed by atoms with Crippen LogP contribution >= 0.6 is 0 Å². The van der Waals surface area contributed by atoms with Gasteiger partial charge < -0.3 is 15.2 Å². The zero-order chi connectivity index (χ0) is 15.9. The molecule has 0 saturated carbocycles. The van der Waals surface area contributed by atoms with Crippen molar-refractivity contribution in [2.75, 3.05) is 19.0 Å². The molecule has 1 atom stereocenters. The minimum atomic E-state index is -0.951. The van der Waals surface area contributed by atoms with Gasteiger partial charge in [-0.1, -0.05) is 18.2 Å². The Morgan fingerprint density at radius 1 is 1.36 bits per heavy atom. The summed E-state index contributed by atoms with van der Waals surface area (Å²) in [5.41, 5.74) is 3.72. The standard InChI is InChI=1S/C17H20N2O3/c1-3-22-16(17(20)21)9-12-7-8-15(19-11-12)13-5-4-6-14(10-13)18-2/h4-8,10-11,16,18H,3,9H2,1-2H3,(H,20,21). The summed E-state index contributed by atoms with van der Waals surface area (Å²) in [6.07, 6.45) is 1.19. The van der Waals surface area contributed by atoms with Crippen LogP contribution in [0.2, 0.25) is 0 Å². The van der Waals surface area contributed by atoms with E-state index in [1.807, 2.05) is 43.4 Å². The molecule has 22 heavy (non-hydrogen) atoms. The second kappa shape index (κ2) is 7.56. The number of aromatic nitrogens is 1. The fraction of sp³-hybridized carbons (Fsp3) is 0.294. The molecule has 0 bridgehead atoms. The predicted molar refractivity (Wildman–Crippen MR) is 86.0 cm³/mol. The third kappa shape index (κ3) is 4.05. The summed E-state index contributed by atoms with van der Waals surface area (Å²) < 4.78 is 5.22. The quantitative estimate of drug-likeness (QED) is 0.822. The van der Waals surface area contributed by atoms with Crippen LogP contribution in [0.25, 0.3) is 11.3 Å². The highest BCUT2D eigenvalue weighted by molar-refractivity contribution is 5.72. The van der Waals surface area contributed by atoms with Crippen LogP contribution in [0, 0.1) is 0 Å². The van der Waals surface area contributed by atoms with Crippen LogP contribution < -0.4 is 5.32 Å². The number of benzene rings is 1. The van der Waals surface area contributed by atoms with Gasteiger partial charge >= 0.3 is 5.97 Å². The number of carbonyl (C=O) groups is 1. The van der Waals surface area contributed by atoms with E-state index in [1.165, 1.54) is 0 Å². The van der Waals surface area contributed by atoms with E-state index in [1.54, 1.807) is 13.1 Å². The van der Waals surface area contributed by atoms with Crippen LogP contribution in [0.1, 0.15) is 12.5 Å². The molecule has 1 heterocycles. The lowest BCUT2D eigenvalue weighted by atomic mass is 10.1. The summed E-state index contributed by atoms with van der Waals surface area (Å²) in [4.78, 5) is 15.5. The minimum absolute atomic E-state index is 0.313. The molecule has 116 valence electrons. The maximum atomic E-state index is 11.1. The molecule has 0 saturated heterocycles. The van der Waals surface area contributed by atoms with Gasteiger partial charge in [0.05, 0.1) is 5.69 Å². The van der Waals surface area contributed by atoms with Crippen molar-refractivity contribution < 1.29 is 14.6 Å². The highest BCUT2D eigenvalue weighted by atomic mass is 16.5. The Morgan fingerprint density at radius 3 is 2.77 bits per heavy atom. The Bertz CT molecular complexity index is 626. The van der Waals surface area contributed by atoms with E-state index >= 15 is 0 Å². The highest BCUT2D eigenvalue weighted by Gasteiger charge is 2.18. The predicted octanol–water partition coefficient (Wildman–Crippen LogP) is 2.82. The molecule has 0 spiro atoms. The number of ether oxygens (including phenoxy) is 1. The first-order valence-corrected chi connectivity index (χ1v) is 7.21. The Hall–Kier alpha value is -2.40. The van der Waals surface area contributed by atoms with Crippen LogP contribution in [0.3, 0.4) is 0 Å². The van der Waals surface area contributed by atoms with Crippen LogP contribution in [0.5, 0.6) is 0 Å². The molecule has 0 radical (unpaired) electrons. The number of nitrogens with one attached hydrogen (secondary N) is 1. The largest absolute Gasteiger partial charge is 0.479 e. The van der Waals surface area contributed by atoms with Crippen LogP contribution in [0.15, 0.2) is 42.6 Å². The van der Waals surface area contributed by atoms with Gasteiger partial charge in [-0.2, -0.15) is 0 Å². The maximum Gasteiger partial charge on any atom is 0.333 e. The van der Waals surface area contributed by atoms with Gasteiger partial charge in [-0.05, 0) is 30.7 Å². The molecule has 0 amide bonds. The molecule has 1 aromatic carbocycles. The molecule has 2 rings (SSSR count). The van der Waals surface area contributed by atoms with Gasteiger partial charge in [0.25, 0.3) is 0 Å². The van der Waals surface area contributed by atoms with Crippen LogP contribution in [-0.4, -0.2) is 35.8 Å². The molecule has 1 aromatic heterocycles. The molecular formula is C17H20N2O3. The first-order valence-electron chi connectivity index (χ1n) is 7.21. The third-order valence-electron chi connectivity index (χ3n) is 3.34. The van der Waals surface area contributed by atoms with Gasteiger partial charge in [0, 0.05) is 37.5 Å². The van der Waals surface area contributed by atoms with Crippen molar-refractivity contribution in [3.8, 4) is 11.3 Å². The number of anilines is 1. The Kier molecular flexibility index (Phi) is 5.49. The van der Waals surface area contributed by atoms with E-state index in [9.17, 15) is 4.79 Å². The highest BCUT2D eigenvalue weighted by Crippen LogP contribution is 2.21.